The summed E-state index contributed by atoms with van der Waals surface area (Å²) in [5.74, 6) is -1.92. The quantitative estimate of drug-likeness (QED) is 0.434. The number of para-hydroxylation sites is 1. The lowest BCUT2D eigenvalue weighted by Crippen LogP contribution is -2.44. The number of halogens is 2. The van der Waals surface area contributed by atoms with Gasteiger partial charge in [0.2, 0.25) is 0 Å². The number of amides is 1. The molecule has 0 bridgehead atoms. The van der Waals surface area contributed by atoms with Gasteiger partial charge in [0.25, 0.3) is 0 Å². The molecule has 1 heterocycles. The highest BCUT2D eigenvalue weighted by Gasteiger charge is 2.26. The maximum atomic E-state index is 12.7. The fourth-order valence-corrected chi connectivity index (χ4v) is 3.10. The summed E-state index contributed by atoms with van der Waals surface area (Å²) in [7, 11) is 0. The van der Waals surface area contributed by atoms with Gasteiger partial charge in [-0.25, -0.2) is 4.79 Å². The molecule has 172 valence electrons. The van der Waals surface area contributed by atoms with Gasteiger partial charge in [-0.1, -0.05) is 64.7 Å². The highest BCUT2D eigenvalue weighted by molar-refractivity contribution is 6.37. The van der Waals surface area contributed by atoms with Crippen molar-refractivity contribution in [1.29, 1.82) is 0 Å². The molecule has 0 radical (unpaired) electrons. The van der Waals surface area contributed by atoms with Gasteiger partial charge in [0, 0.05) is 0 Å². The molecule has 3 rings (SSSR count). The zero-order chi connectivity index (χ0) is 23.8. The van der Waals surface area contributed by atoms with Crippen molar-refractivity contribution in [3.05, 3.63) is 64.1 Å². The summed E-state index contributed by atoms with van der Waals surface area (Å²) in [5, 5.41) is 22.6. The first kappa shape index (κ1) is 24.0. The smallest absolute Gasteiger partial charge is 0.408 e. The number of alkyl carbamates (subject to hydrolysis) is 1. The fourth-order valence-electron chi connectivity index (χ4n) is 2.62. The molecule has 1 atom stereocenters. The minimum absolute atomic E-state index is 0.0514. The molecule has 0 saturated heterocycles. The number of carboxylic acids is 1. The average molecular weight is 494 g/mol. The van der Waals surface area contributed by atoms with Crippen molar-refractivity contribution in [2.24, 2.45) is 0 Å². The first-order valence-corrected chi connectivity index (χ1v) is 10.2. The van der Waals surface area contributed by atoms with E-state index in [1.165, 1.54) is 12.1 Å². The molecule has 0 aliphatic heterocycles. The molecule has 2 N–H and O–H groups in total. The lowest BCUT2D eigenvalue weighted by molar-refractivity contribution is -0.139. The van der Waals surface area contributed by atoms with Crippen LogP contribution in [0.4, 0.5) is 4.79 Å². The van der Waals surface area contributed by atoms with Crippen molar-refractivity contribution < 1.29 is 29.0 Å². The molecule has 11 nitrogen and oxygen atoms in total. The lowest BCUT2D eigenvalue weighted by atomic mass is 10.1. The van der Waals surface area contributed by atoms with Gasteiger partial charge in [0.05, 0.1) is 16.5 Å². The molecule has 1 unspecified atom stereocenters. The number of hydrogen-bond acceptors (Lipinski definition) is 8. The van der Waals surface area contributed by atoms with Gasteiger partial charge in [0.15, 0.2) is 11.5 Å². The van der Waals surface area contributed by atoms with E-state index < -0.39 is 36.9 Å². The van der Waals surface area contributed by atoms with E-state index in [2.05, 4.69) is 20.8 Å². The van der Waals surface area contributed by atoms with Crippen LogP contribution in [0.5, 0.6) is 11.8 Å². The number of ether oxygens (including phenoxy) is 2. The second kappa shape index (κ2) is 11.2. The van der Waals surface area contributed by atoms with Crippen LogP contribution in [-0.2, 0) is 27.5 Å². The van der Waals surface area contributed by atoms with E-state index in [0.717, 1.165) is 10.2 Å². The summed E-state index contributed by atoms with van der Waals surface area (Å²) in [6.07, 6.45) is -1.62. The second-order valence-corrected chi connectivity index (χ2v) is 7.41. The third kappa shape index (κ3) is 6.89. The van der Waals surface area contributed by atoms with Crippen molar-refractivity contribution in [1.82, 2.24) is 25.5 Å². The molecular weight excluding hydrogens is 477 g/mol. The maximum absolute atomic E-state index is 12.7. The average Bonchev–Trinajstić information content (AvgIpc) is 3.21. The van der Waals surface area contributed by atoms with Crippen molar-refractivity contribution in [3.63, 3.8) is 0 Å². The second-order valence-electron chi connectivity index (χ2n) is 6.59. The number of tetrazole rings is 1. The summed E-state index contributed by atoms with van der Waals surface area (Å²) in [6.45, 7) is -0.550. The number of benzene rings is 2. The summed E-state index contributed by atoms with van der Waals surface area (Å²) in [4.78, 5) is 36.1. The minimum Gasteiger partial charge on any atom is -0.481 e. The highest BCUT2D eigenvalue weighted by atomic mass is 35.5. The van der Waals surface area contributed by atoms with Gasteiger partial charge in [-0.05, 0) is 28.1 Å². The van der Waals surface area contributed by atoms with Gasteiger partial charge in [-0.15, -0.1) is 0 Å². The monoisotopic (exact) mass is 493 g/mol. The number of carbonyl (C=O) groups is 3. The number of rotatable bonds is 10. The normalized spacial score (nSPS) is 11.5. The van der Waals surface area contributed by atoms with Crippen LogP contribution in [0.15, 0.2) is 48.5 Å². The van der Waals surface area contributed by atoms with Crippen LogP contribution in [0.25, 0.3) is 0 Å². The molecule has 1 amide bonds. The largest absolute Gasteiger partial charge is 0.481 e. The Morgan fingerprint density at radius 3 is 2.42 bits per heavy atom. The fraction of sp³-hybridized carbons (Fsp3) is 0.200. The van der Waals surface area contributed by atoms with E-state index in [1.807, 2.05) is 6.07 Å². The van der Waals surface area contributed by atoms with Crippen molar-refractivity contribution >= 4 is 41.0 Å². The van der Waals surface area contributed by atoms with E-state index in [-0.39, 0.29) is 28.4 Å². The van der Waals surface area contributed by atoms with Crippen LogP contribution < -0.4 is 10.1 Å². The Balaban J connectivity index is 1.66. The summed E-state index contributed by atoms with van der Waals surface area (Å²) >= 11 is 12.1. The van der Waals surface area contributed by atoms with Gasteiger partial charge in [0.1, 0.15) is 19.2 Å². The number of hydrogen-bond donors (Lipinski definition) is 2. The SMILES string of the molecule is O=C(O)CC(NC(=O)OCc1ccccc1)C(=O)Cn1nnnc1Oc1c(Cl)cccc1Cl. The van der Waals surface area contributed by atoms with Crippen LogP contribution in [0.2, 0.25) is 10.0 Å². The summed E-state index contributed by atoms with van der Waals surface area (Å²) in [6, 6.07) is 11.9. The Morgan fingerprint density at radius 1 is 1.06 bits per heavy atom. The zero-order valence-corrected chi connectivity index (χ0v) is 18.4. The molecule has 2 aromatic carbocycles. The Hall–Kier alpha value is -3.70. The van der Waals surface area contributed by atoms with E-state index in [1.54, 1.807) is 30.3 Å². The number of aliphatic carboxylic acids is 1. The molecule has 3 aromatic rings. The number of nitrogens with zero attached hydrogens (tertiary/aromatic N) is 4. The number of nitrogens with one attached hydrogen (secondary N) is 1. The molecule has 0 aliphatic carbocycles. The van der Waals surface area contributed by atoms with Crippen molar-refractivity contribution in [2.75, 3.05) is 0 Å². The van der Waals surface area contributed by atoms with Crippen LogP contribution in [0.3, 0.4) is 0 Å². The van der Waals surface area contributed by atoms with Gasteiger partial charge >= 0.3 is 18.1 Å². The number of aromatic nitrogens is 4. The molecule has 0 aliphatic rings. The summed E-state index contributed by atoms with van der Waals surface area (Å²) < 4.78 is 11.6. The first-order chi connectivity index (χ1) is 15.8. The van der Waals surface area contributed by atoms with Crippen LogP contribution >= 0.6 is 23.2 Å². The maximum Gasteiger partial charge on any atom is 0.408 e. The lowest BCUT2D eigenvalue weighted by Gasteiger charge is -2.16. The standard InChI is InChI=1S/C20H17Cl2N5O6/c21-13-7-4-8-14(22)18(13)33-19-24-25-26-27(19)10-16(28)15(9-17(29)30)23-20(31)32-11-12-5-2-1-3-6-12/h1-8,15H,9-11H2,(H,23,31)(H,29,30). The minimum atomic E-state index is -1.40. The Labute approximate surface area is 197 Å². The number of carboxylic acid groups (broad SMARTS) is 1. The first-order valence-electron chi connectivity index (χ1n) is 9.43. The molecule has 1 aromatic heterocycles. The molecule has 0 fully saturated rings. The Morgan fingerprint density at radius 2 is 1.76 bits per heavy atom. The Bertz CT molecular complexity index is 1120. The van der Waals surface area contributed by atoms with Crippen LogP contribution in [0.1, 0.15) is 12.0 Å². The van der Waals surface area contributed by atoms with Gasteiger partial charge < -0.3 is 19.9 Å². The molecule has 0 saturated carbocycles. The predicted octanol–water partition coefficient (Wildman–Crippen LogP) is 3.11. The number of ketones is 1. The number of carbonyl (C=O) groups excluding carboxylic acids is 2. The Kier molecular flexibility index (Phi) is 8.17. The van der Waals surface area contributed by atoms with Crippen LogP contribution in [0, 0.1) is 0 Å². The molecular formula is C20H17Cl2N5O6. The van der Waals surface area contributed by atoms with Gasteiger partial charge in [-0.3, -0.25) is 9.59 Å². The third-order valence-corrected chi connectivity index (χ3v) is 4.78. The van der Waals surface area contributed by atoms with E-state index in [9.17, 15) is 14.4 Å². The van der Waals surface area contributed by atoms with Crippen LogP contribution in [-0.4, -0.2) is 49.2 Å². The van der Waals surface area contributed by atoms with Gasteiger partial charge in [-0.2, -0.15) is 4.68 Å². The van der Waals surface area contributed by atoms with E-state index in [4.69, 9.17) is 37.8 Å². The zero-order valence-electron chi connectivity index (χ0n) is 16.9. The van der Waals surface area contributed by atoms with Crippen molar-refractivity contribution in [2.45, 2.75) is 25.6 Å². The topological polar surface area (TPSA) is 146 Å². The van der Waals surface area contributed by atoms with E-state index in [0.29, 0.717) is 0 Å². The third-order valence-electron chi connectivity index (χ3n) is 4.19. The predicted molar refractivity (Wildman–Crippen MR) is 115 cm³/mol. The molecule has 13 heteroatoms. The highest BCUT2D eigenvalue weighted by Crippen LogP contribution is 2.35. The van der Waals surface area contributed by atoms with Crippen molar-refractivity contribution in [3.8, 4) is 11.8 Å². The van der Waals surface area contributed by atoms with E-state index >= 15 is 0 Å². The summed E-state index contributed by atoms with van der Waals surface area (Å²) in [5.41, 5.74) is 0.725. The molecule has 33 heavy (non-hydrogen) atoms. The number of Topliss-reactive ketones (excluding diaryl/α,β-unsaturated/α-hetero) is 1. The molecule has 0 spiro atoms.